The van der Waals surface area contributed by atoms with Gasteiger partial charge in [-0.2, -0.15) is 4.39 Å². The van der Waals surface area contributed by atoms with E-state index in [1.807, 2.05) is 0 Å². The number of aromatic nitrogens is 1. The summed E-state index contributed by atoms with van der Waals surface area (Å²) in [6.45, 7) is 0. The van der Waals surface area contributed by atoms with Crippen LogP contribution in [0.4, 0.5) is 20.3 Å². The maximum Gasteiger partial charge on any atom is 0.307 e. The van der Waals surface area contributed by atoms with Gasteiger partial charge in [-0.05, 0) is 18.2 Å². The van der Waals surface area contributed by atoms with Gasteiger partial charge < -0.3 is 5.32 Å². The number of nitrogens with one attached hydrogen (secondary N) is 1. The van der Waals surface area contributed by atoms with Crippen LogP contribution in [0.15, 0.2) is 36.5 Å². The summed E-state index contributed by atoms with van der Waals surface area (Å²) >= 11 is 0. The predicted octanol–water partition coefficient (Wildman–Crippen LogP) is 2.52. The molecule has 0 aliphatic carbocycles. The van der Waals surface area contributed by atoms with Gasteiger partial charge in [0, 0.05) is 6.20 Å². The number of pyridine rings is 1. The average molecular weight is 279 g/mol. The number of carbonyl (C=O) groups excluding carboxylic acids is 1. The number of hydrogen-bond donors (Lipinski definition) is 1. The summed E-state index contributed by atoms with van der Waals surface area (Å²) in [6, 6.07) is 5.50. The molecular weight excluding hydrogens is 272 g/mol. The van der Waals surface area contributed by atoms with Gasteiger partial charge in [-0.15, -0.1) is 0 Å². The van der Waals surface area contributed by atoms with Crippen molar-refractivity contribution in [3.8, 4) is 0 Å². The van der Waals surface area contributed by atoms with Gasteiger partial charge in [-0.3, -0.25) is 14.9 Å². The van der Waals surface area contributed by atoms with Crippen LogP contribution in [-0.4, -0.2) is 15.8 Å². The normalized spacial score (nSPS) is 10.1. The zero-order chi connectivity index (χ0) is 14.7. The van der Waals surface area contributed by atoms with Crippen molar-refractivity contribution in [1.29, 1.82) is 0 Å². The number of hydrogen-bond acceptors (Lipinski definition) is 4. The molecule has 0 atom stereocenters. The highest BCUT2D eigenvalue weighted by Crippen LogP contribution is 2.22. The second kappa shape index (κ2) is 5.39. The molecule has 1 aromatic carbocycles. The van der Waals surface area contributed by atoms with E-state index in [-0.39, 0.29) is 5.82 Å². The summed E-state index contributed by atoms with van der Waals surface area (Å²) in [5.74, 6) is -3.28. The van der Waals surface area contributed by atoms with Crippen molar-refractivity contribution >= 4 is 17.4 Å². The first-order valence-electron chi connectivity index (χ1n) is 5.35. The van der Waals surface area contributed by atoms with Crippen molar-refractivity contribution in [2.45, 2.75) is 0 Å². The minimum atomic E-state index is -1.29. The topological polar surface area (TPSA) is 85.1 Å². The molecule has 2 rings (SSSR count). The van der Waals surface area contributed by atoms with Crippen molar-refractivity contribution in [1.82, 2.24) is 4.98 Å². The summed E-state index contributed by atoms with van der Waals surface area (Å²) in [7, 11) is 0. The summed E-state index contributed by atoms with van der Waals surface area (Å²) in [5, 5.41) is 12.7. The van der Waals surface area contributed by atoms with Gasteiger partial charge in [0.15, 0.2) is 0 Å². The van der Waals surface area contributed by atoms with Crippen molar-refractivity contribution < 1.29 is 18.5 Å². The van der Waals surface area contributed by atoms with E-state index < -0.39 is 33.7 Å². The lowest BCUT2D eigenvalue weighted by Crippen LogP contribution is -2.15. The number of halogens is 2. The largest absolute Gasteiger partial charge is 0.307 e. The van der Waals surface area contributed by atoms with Crippen molar-refractivity contribution in [3.05, 3.63) is 63.8 Å². The highest BCUT2D eigenvalue weighted by atomic mass is 19.1. The smallest absolute Gasteiger partial charge is 0.306 e. The highest BCUT2D eigenvalue weighted by molar-refractivity contribution is 6.04. The van der Waals surface area contributed by atoms with E-state index in [2.05, 4.69) is 10.3 Å². The Labute approximate surface area is 111 Å². The molecule has 8 heteroatoms. The summed E-state index contributed by atoms with van der Waals surface area (Å²) < 4.78 is 27.0. The van der Waals surface area contributed by atoms with Crippen LogP contribution < -0.4 is 5.32 Å². The fourth-order valence-electron chi connectivity index (χ4n) is 1.47. The fraction of sp³-hybridized carbons (Fsp3) is 0. The standard InChI is InChI=1S/C12H7F2N3O3/c13-8-6-10(17(19)20)9(14)5-7(8)12(18)16-11-3-1-2-4-15-11/h1-6H,(H,15,16,18). The van der Waals surface area contributed by atoms with Gasteiger partial charge in [0.2, 0.25) is 5.82 Å². The first-order valence-corrected chi connectivity index (χ1v) is 5.35. The Morgan fingerprint density at radius 1 is 1.25 bits per heavy atom. The number of benzene rings is 1. The van der Waals surface area contributed by atoms with Crippen LogP contribution in [0.3, 0.4) is 0 Å². The molecule has 0 unspecified atom stereocenters. The van der Waals surface area contributed by atoms with Crippen LogP contribution in [0, 0.1) is 21.7 Å². The maximum absolute atomic E-state index is 13.6. The Kier molecular flexibility index (Phi) is 3.65. The van der Waals surface area contributed by atoms with Crippen LogP contribution in [-0.2, 0) is 0 Å². The molecule has 0 fully saturated rings. The lowest BCUT2D eigenvalue weighted by atomic mass is 10.1. The van der Waals surface area contributed by atoms with Gasteiger partial charge in [0.1, 0.15) is 11.6 Å². The van der Waals surface area contributed by atoms with E-state index in [0.717, 1.165) is 0 Å². The second-order valence-corrected chi connectivity index (χ2v) is 3.71. The lowest BCUT2D eigenvalue weighted by molar-refractivity contribution is -0.387. The zero-order valence-electron chi connectivity index (χ0n) is 9.84. The molecule has 0 bridgehead atoms. The van der Waals surface area contributed by atoms with Crippen molar-refractivity contribution in [3.63, 3.8) is 0 Å². The van der Waals surface area contributed by atoms with Crippen LogP contribution in [0.25, 0.3) is 0 Å². The quantitative estimate of drug-likeness (QED) is 0.691. The number of nitro benzene ring substituents is 1. The third-order valence-corrected chi connectivity index (χ3v) is 2.38. The van der Waals surface area contributed by atoms with E-state index in [4.69, 9.17) is 0 Å². The molecule has 1 aromatic heterocycles. The number of amides is 1. The Hall–Kier alpha value is -2.90. The molecule has 102 valence electrons. The Morgan fingerprint density at radius 3 is 2.60 bits per heavy atom. The first kappa shape index (κ1) is 13.5. The molecule has 0 aliphatic heterocycles. The predicted molar refractivity (Wildman–Crippen MR) is 65.2 cm³/mol. The average Bonchev–Trinajstić information content (AvgIpc) is 2.41. The summed E-state index contributed by atoms with van der Waals surface area (Å²) in [6.07, 6.45) is 1.41. The molecule has 0 saturated carbocycles. The van der Waals surface area contributed by atoms with E-state index in [1.54, 1.807) is 12.1 Å². The molecule has 6 nitrogen and oxygen atoms in total. The van der Waals surface area contributed by atoms with Crippen LogP contribution >= 0.6 is 0 Å². The van der Waals surface area contributed by atoms with Crippen LogP contribution in [0.1, 0.15) is 10.4 Å². The number of nitrogens with zero attached hydrogens (tertiary/aromatic N) is 2. The molecule has 0 spiro atoms. The van der Waals surface area contributed by atoms with Gasteiger partial charge >= 0.3 is 5.69 Å². The molecular formula is C12H7F2N3O3. The number of anilines is 1. The fourth-order valence-corrected chi connectivity index (χ4v) is 1.47. The first-order chi connectivity index (χ1) is 9.49. The molecule has 0 saturated heterocycles. The number of nitro groups is 1. The van der Waals surface area contributed by atoms with Crippen molar-refractivity contribution in [2.75, 3.05) is 5.32 Å². The lowest BCUT2D eigenvalue weighted by Gasteiger charge is -2.05. The molecule has 0 radical (unpaired) electrons. The maximum atomic E-state index is 13.6. The third kappa shape index (κ3) is 2.74. The minimum absolute atomic E-state index is 0.149. The molecule has 1 heterocycles. The third-order valence-electron chi connectivity index (χ3n) is 2.38. The number of rotatable bonds is 3. The molecule has 1 amide bonds. The zero-order valence-corrected chi connectivity index (χ0v) is 9.84. The van der Waals surface area contributed by atoms with E-state index in [1.165, 1.54) is 12.3 Å². The summed E-state index contributed by atoms with van der Waals surface area (Å²) in [4.78, 5) is 24.9. The van der Waals surface area contributed by atoms with Gasteiger partial charge in [0.25, 0.3) is 5.91 Å². The number of carbonyl (C=O) groups is 1. The molecule has 20 heavy (non-hydrogen) atoms. The monoisotopic (exact) mass is 279 g/mol. The molecule has 0 aliphatic rings. The minimum Gasteiger partial charge on any atom is -0.306 e. The Balaban J connectivity index is 2.31. The van der Waals surface area contributed by atoms with E-state index >= 15 is 0 Å². The highest BCUT2D eigenvalue weighted by Gasteiger charge is 2.22. The SMILES string of the molecule is O=C(Nc1ccccn1)c1cc(F)c([N+](=O)[O-])cc1F. The Morgan fingerprint density at radius 2 is 2.00 bits per heavy atom. The van der Waals surface area contributed by atoms with Gasteiger partial charge in [0.05, 0.1) is 16.6 Å². The van der Waals surface area contributed by atoms with Crippen LogP contribution in [0.5, 0.6) is 0 Å². The van der Waals surface area contributed by atoms with Gasteiger partial charge in [-0.1, -0.05) is 6.07 Å². The summed E-state index contributed by atoms with van der Waals surface area (Å²) in [5.41, 5.74) is -1.67. The second-order valence-electron chi connectivity index (χ2n) is 3.71. The van der Waals surface area contributed by atoms with Gasteiger partial charge in [-0.25, -0.2) is 9.37 Å². The molecule has 2 aromatic rings. The Bertz CT molecular complexity index is 677. The van der Waals surface area contributed by atoms with E-state index in [0.29, 0.717) is 12.1 Å². The van der Waals surface area contributed by atoms with E-state index in [9.17, 15) is 23.7 Å². The molecule has 1 N–H and O–H groups in total. The van der Waals surface area contributed by atoms with Crippen LogP contribution in [0.2, 0.25) is 0 Å². The van der Waals surface area contributed by atoms with Crippen molar-refractivity contribution in [2.24, 2.45) is 0 Å².